The summed E-state index contributed by atoms with van der Waals surface area (Å²) in [5, 5.41) is 0. The summed E-state index contributed by atoms with van der Waals surface area (Å²) < 4.78 is 0. The van der Waals surface area contributed by atoms with Crippen molar-refractivity contribution in [2.45, 2.75) is 0 Å². The molecule has 5 heteroatoms. The Morgan fingerprint density at radius 3 is 0.800 bits per heavy atom. The van der Waals surface area contributed by atoms with E-state index in [9.17, 15) is 0 Å². The van der Waals surface area contributed by atoms with Gasteiger partial charge in [0.25, 0.3) is 0 Å². The first-order chi connectivity index (χ1) is 0. The second-order valence-electron chi connectivity index (χ2n) is 0. The molecule has 35 valence electrons. The smallest absolute Gasteiger partial charge is 2.00 e. The minimum atomic E-state index is 0. The molecular formula is O2PtRhZr. The Hall–Kier alpha value is 2.11. The molecule has 0 saturated carbocycles. The molecule has 0 fully saturated rings. The van der Waals surface area contributed by atoms with Gasteiger partial charge in [-0.15, -0.1) is 0 Å². The van der Waals surface area contributed by atoms with E-state index in [0.717, 1.165) is 0 Å². The summed E-state index contributed by atoms with van der Waals surface area (Å²) in [5.41, 5.74) is 0. The SMILES string of the molecule is [O-2].[O-2].[Pt].[Rh].[Zr+4]. The van der Waals surface area contributed by atoms with Gasteiger partial charge in [0.2, 0.25) is 0 Å². The van der Waals surface area contributed by atoms with Crippen LogP contribution in [0.1, 0.15) is 0 Å². The van der Waals surface area contributed by atoms with E-state index in [2.05, 4.69) is 0 Å². The number of hydrogen-bond donors (Lipinski definition) is 0. The molecule has 0 amide bonds. The van der Waals surface area contributed by atoms with Crippen LogP contribution in [-0.2, 0) is 77.7 Å². The zero-order valence-corrected chi connectivity index (χ0v) is 8.33. The van der Waals surface area contributed by atoms with Gasteiger partial charge in [0.1, 0.15) is 0 Å². The summed E-state index contributed by atoms with van der Waals surface area (Å²) in [5.74, 6) is 0. The molecule has 0 rings (SSSR count). The van der Waals surface area contributed by atoms with Crippen molar-refractivity contribution in [3.05, 3.63) is 0 Å². The van der Waals surface area contributed by atoms with E-state index in [4.69, 9.17) is 0 Å². The maximum atomic E-state index is 0. The average Bonchev–Trinajstić information content (AvgIpc) is 0. The van der Waals surface area contributed by atoms with E-state index in [1.807, 2.05) is 0 Å². The van der Waals surface area contributed by atoms with E-state index in [-0.39, 0.29) is 77.7 Å². The van der Waals surface area contributed by atoms with Gasteiger partial charge in [-0.1, -0.05) is 0 Å². The molecule has 1 radical (unpaired) electrons. The van der Waals surface area contributed by atoms with Crippen LogP contribution in [0.5, 0.6) is 0 Å². The molecule has 0 aromatic carbocycles. The van der Waals surface area contributed by atoms with Crippen molar-refractivity contribution < 1.29 is 77.7 Å². The van der Waals surface area contributed by atoms with Crippen LogP contribution in [0, 0.1) is 0 Å². The predicted octanol–water partition coefficient (Wildman–Crippen LogP) is -0.245. The van der Waals surface area contributed by atoms with Gasteiger partial charge in [0.15, 0.2) is 0 Å². The third-order valence-corrected chi connectivity index (χ3v) is 0. The van der Waals surface area contributed by atoms with Crippen molar-refractivity contribution in [1.29, 1.82) is 0 Å². The quantitative estimate of drug-likeness (QED) is 0.485. The molecule has 0 saturated heterocycles. The molecule has 0 aliphatic rings. The van der Waals surface area contributed by atoms with Gasteiger partial charge in [0, 0.05) is 40.5 Å². The Bertz CT molecular complexity index is 9.61. The van der Waals surface area contributed by atoms with Gasteiger partial charge in [-0.2, -0.15) is 0 Å². The third kappa shape index (κ3) is 23.1. The fourth-order valence-corrected chi connectivity index (χ4v) is 0. The van der Waals surface area contributed by atoms with Crippen molar-refractivity contribution in [3.8, 4) is 0 Å². The standard InChI is InChI=1S/2O.Pt.Rh.Zr/q2*-2;;;+4. The first kappa shape index (κ1) is 59.5. The molecule has 0 aromatic rings. The molecule has 0 spiro atoms. The third-order valence-electron chi connectivity index (χ3n) is 0. The van der Waals surface area contributed by atoms with Crippen molar-refractivity contribution >= 4 is 0 Å². The fraction of sp³-hybridized carbons (Fsp3) is 0. The Balaban J connectivity index is 0. The van der Waals surface area contributed by atoms with Gasteiger partial charge in [-0.3, -0.25) is 0 Å². The average molecular weight is 421 g/mol. The largest absolute Gasteiger partial charge is 4.00 e. The Morgan fingerprint density at radius 1 is 0.800 bits per heavy atom. The van der Waals surface area contributed by atoms with Gasteiger partial charge in [-0.25, -0.2) is 0 Å². The van der Waals surface area contributed by atoms with Gasteiger partial charge >= 0.3 is 26.2 Å². The van der Waals surface area contributed by atoms with Crippen LogP contribution in [0.15, 0.2) is 0 Å². The Morgan fingerprint density at radius 2 is 0.800 bits per heavy atom. The van der Waals surface area contributed by atoms with Gasteiger partial charge in [-0.05, 0) is 0 Å². The monoisotopic (exact) mass is 420 g/mol. The van der Waals surface area contributed by atoms with Crippen molar-refractivity contribution in [2.24, 2.45) is 0 Å². The predicted molar refractivity (Wildman–Crippen MR) is 1.37 cm³/mol. The van der Waals surface area contributed by atoms with E-state index in [1.54, 1.807) is 0 Å². The Labute approximate surface area is 76.8 Å². The van der Waals surface area contributed by atoms with Crippen LogP contribution in [0.4, 0.5) is 0 Å². The molecule has 2 nitrogen and oxygen atoms in total. The van der Waals surface area contributed by atoms with Gasteiger partial charge in [0.05, 0.1) is 0 Å². The minimum absolute atomic E-state index is 0. The minimum Gasteiger partial charge on any atom is -2.00 e. The molecule has 0 aromatic heterocycles. The topological polar surface area (TPSA) is 57.0 Å². The summed E-state index contributed by atoms with van der Waals surface area (Å²) in [6, 6.07) is 0. The fourth-order valence-electron chi connectivity index (χ4n) is 0. The first-order valence-corrected chi connectivity index (χ1v) is 0. The van der Waals surface area contributed by atoms with Crippen LogP contribution in [-0.4, -0.2) is 0 Å². The Kier molecular flexibility index (Phi) is 426. The van der Waals surface area contributed by atoms with E-state index in [1.165, 1.54) is 0 Å². The van der Waals surface area contributed by atoms with Crippen LogP contribution in [0.2, 0.25) is 0 Å². The maximum Gasteiger partial charge on any atom is 4.00 e. The van der Waals surface area contributed by atoms with Crippen LogP contribution in [0.25, 0.3) is 0 Å². The number of hydrogen-bond acceptors (Lipinski definition) is 0. The van der Waals surface area contributed by atoms with Crippen LogP contribution < -0.4 is 0 Å². The van der Waals surface area contributed by atoms with Crippen molar-refractivity contribution in [1.82, 2.24) is 0 Å². The molecule has 0 aliphatic heterocycles. The second-order valence-corrected chi connectivity index (χ2v) is 0. The van der Waals surface area contributed by atoms with E-state index in [0.29, 0.717) is 0 Å². The second kappa shape index (κ2) is 35.8. The van der Waals surface area contributed by atoms with Crippen molar-refractivity contribution in [2.75, 3.05) is 0 Å². The molecule has 0 atom stereocenters. The number of rotatable bonds is 0. The first-order valence-electron chi connectivity index (χ1n) is 0. The summed E-state index contributed by atoms with van der Waals surface area (Å²) in [4.78, 5) is 0. The van der Waals surface area contributed by atoms with E-state index >= 15 is 0 Å². The van der Waals surface area contributed by atoms with E-state index < -0.39 is 0 Å². The van der Waals surface area contributed by atoms with Gasteiger partial charge < -0.3 is 11.0 Å². The zero-order chi connectivity index (χ0) is 0. The summed E-state index contributed by atoms with van der Waals surface area (Å²) >= 11 is 0. The summed E-state index contributed by atoms with van der Waals surface area (Å²) in [6.45, 7) is 0. The molecule has 0 aliphatic carbocycles. The summed E-state index contributed by atoms with van der Waals surface area (Å²) in [6.07, 6.45) is 0. The molecule has 0 heterocycles. The van der Waals surface area contributed by atoms with Crippen LogP contribution in [0.3, 0.4) is 0 Å². The molecule has 0 N–H and O–H groups in total. The molecular weight excluding hydrogens is 421 g/mol. The summed E-state index contributed by atoms with van der Waals surface area (Å²) in [7, 11) is 0. The van der Waals surface area contributed by atoms with Crippen LogP contribution >= 0.6 is 0 Å². The van der Waals surface area contributed by atoms with Crippen molar-refractivity contribution in [3.63, 3.8) is 0 Å². The maximum absolute atomic E-state index is 0. The normalized spacial score (nSPS) is 0. The molecule has 0 bridgehead atoms. The molecule has 0 unspecified atom stereocenters. The molecule has 5 heavy (non-hydrogen) atoms. The zero-order valence-electron chi connectivity index (χ0n) is 1.97.